The molecule has 3 rings (SSSR count). The average molecular weight is 319 g/mol. The van der Waals surface area contributed by atoms with Gasteiger partial charge in [0.25, 0.3) is 0 Å². The van der Waals surface area contributed by atoms with Gasteiger partial charge in [-0.1, -0.05) is 20.3 Å². The molecule has 0 radical (unpaired) electrons. The summed E-state index contributed by atoms with van der Waals surface area (Å²) in [7, 11) is 1.49. The maximum absolute atomic E-state index is 12.0. The van der Waals surface area contributed by atoms with Crippen LogP contribution in [0.25, 0.3) is 0 Å². The number of methoxy groups -OCH3 is 1. The minimum absolute atomic E-state index is 0.0568. The van der Waals surface area contributed by atoms with Crippen LogP contribution in [0.4, 0.5) is 0 Å². The lowest BCUT2D eigenvalue weighted by Gasteiger charge is -2.28. The summed E-state index contributed by atoms with van der Waals surface area (Å²) in [5, 5.41) is 0. The summed E-state index contributed by atoms with van der Waals surface area (Å²) in [5.41, 5.74) is 1.38. The number of hydrogen-bond donors (Lipinski definition) is 0. The van der Waals surface area contributed by atoms with Gasteiger partial charge in [0.15, 0.2) is 0 Å². The van der Waals surface area contributed by atoms with E-state index in [9.17, 15) is 4.79 Å². The Hall–Kier alpha value is -1.36. The molecular weight excluding hydrogens is 290 g/mol. The molecule has 0 N–H and O–H groups in total. The summed E-state index contributed by atoms with van der Waals surface area (Å²) in [6.45, 7) is 6.46. The molecule has 4 unspecified atom stereocenters. The molecule has 0 bridgehead atoms. The van der Waals surface area contributed by atoms with Gasteiger partial charge in [-0.05, 0) is 37.8 Å². The van der Waals surface area contributed by atoms with Gasteiger partial charge in [0.05, 0.1) is 19.5 Å². The zero-order valence-electron chi connectivity index (χ0n) is 14.6. The molecule has 0 aromatic heterocycles. The second-order valence-electron chi connectivity index (χ2n) is 7.11. The standard InChI is InChI=1S/C18H29N3O2/c1-4-6-13(2)16-10-14-9-15(11-20(14)12-19-16)21-8-5-7-17(21)18(22)23-3/h10,12-13,15-17H,4-9,11H2,1-3H3. The number of hydrogen-bond acceptors (Lipinski definition) is 5. The molecule has 0 aliphatic carbocycles. The lowest BCUT2D eigenvalue weighted by atomic mass is 9.95. The zero-order chi connectivity index (χ0) is 16.4. The van der Waals surface area contributed by atoms with Crippen LogP contribution in [0.2, 0.25) is 0 Å². The van der Waals surface area contributed by atoms with Gasteiger partial charge in [0, 0.05) is 24.7 Å². The first kappa shape index (κ1) is 16.5. The molecule has 2 saturated heterocycles. The highest BCUT2D eigenvalue weighted by molar-refractivity contribution is 5.76. The lowest BCUT2D eigenvalue weighted by molar-refractivity contribution is -0.146. The summed E-state index contributed by atoms with van der Waals surface area (Å²) in [6, 6.07) is 0.660. The van der Waals surface area contributed by atoms with Gasteiger partial charge in [0.2, 0.25) is 0 Å². The summed E-state index contributed by atoms with van der Waals surface area (Å²) in [5.74, 6) is 0.518. The molecule has 4 atom stereocenters. The highest BCUT2D eigenvalue weighted by atomic mass is 16.5. The Labute approximate surface area is 139 Å². The molecule has 3 aliphatic rings. The summed E-state index contributed by atoms with van der Waals surface area (Å²) in [4.78, 5) is 21.3. The number of carbonyl (C=O) groups excluding carboxylic acids is 1. The Morgan fingerprint density at radius 2 is 2.35 bits per heavy atom. The van der Waals surface area contributed by atoms with Crippen LogP contribution in [0.3, 0.4) is 0 Å². The fraction of sp³-hybridized carbons (Fsp3) is 0.778. The Morgan fingerprint density at radius 1 is 1.52 bits per heavy atom. The first-order valence-electron chi connectivity index (χ1n) is 8.98. The van der Waals surface area contributed by atoms with E-state index < -0.39 is 0 Å². The molecule has 0 aromatic carbocycles. The highest BCUT2D eigenvalue weighted by Crippen LogP contribution is 2.33. The number of likely N-dealkylation sites (tertiary alicyclic amines) is 1. The van der Waals surface area contributed by atoms with E-state index in [4.69, 9.17) is 9.73 Å². The molecule has 0 amide bonds. The van der Waals surface area contributed by atoms with Crippen molar-refractivity contribution in [2.45, 2.75) is 64.1 Å². The van der Waals surface area contributed by atoms with Crippen molar-refractivity contribution in [3.05, 3.63) is 11.8 Å². The van der Waals surface area contributed by atoms with Crippen LogP contribution in [0, 0.1) is 5.92 Å². The molecule has 5 nitrogen and oxygen atoms in total. The Kier molecular flexibility index (Phi) is 5.05. The van der Waals surface area contributed by atoms with Gasteiger partial charge in [-0.25, -0.2) is 0 Å². The van der Waals surface area contributed by atoms with E-state index in [1.807, 2.05) is 6.34 Å². The van der Waals surface area contributed by atoms with Gasteiger partial charge in [0.1, 0.15) is 6.04 Å². The Balaban J connectivity index is 1.67. The Bertz CT molecular complexity index is 502. The molecule has 0 aromatic rings. The smallest absolute Gasteiger partial charge is 0.323 e. The fourth-order valence-corrected chi connectivity index (χ4v) is 4.22. The SMILES string of the molecule is CCCC(C)C1C=C2CC(N3CCCC3C(=O)OC)CN2C=N1. The summed E-state index contributed by atoms with van der Waals surface area (Å²) in [6.07, 6.45) is 9.82. The maximum Gasteiger partial charge on any atom is 0.323 e. The van der Waals surface area contributed by atoms with Crippen molar-refractivity contribution >= 4 is 12.3 Å². The van der Waals surface area contributed by atoms with E-state index in [2.05, 4.69) is 29.7 Å². The molecule has 23 heavy (non-hydrogen) atoms. The molecule has 128 valence electrons. The van der Waals surface area contributed by atoms with Crippen LogP contribution in [-0.4, -0.2) is 60.4 Å². The normalized spacial score (nSPS) is 31.9. The number of aliphatic imine (C=N–C) groups is 1. The van der Waals surface area contributed by atoms with E-state index >= 15 is 0 Å². The van der Waals surface area contributed by atoms with E-state index in [0.29, 0.717) is 18.0 Å². The van der Waals surface area contributed by atoms with Crippen molar-refractivity contribution in [2.75, 3.05) is 20.2 Å². The number of fused-ring (bicyclic) bond motifs is 1. The van der Waals surface area contributed by atoms with E-state index in [-0.39, 0.29) is 12.0 Å². The fourth-order valence-electron chi connectivity index (χ4n) is 4.22. The Morgan fingerprint density at radius 3 is 3.09 bits per heavy atom. The third-order valence-corrected chi connectivity index (χ3v) is 5.53. The second-order valence-corrected chi connectivity index (χ2v) is 7.11. The van der Waals surface area contributed by atoms with Crippen molar-refractivity contribution in [2.24, 2.45) is 10.9 Å². The lowest BCUT2D eigenvalue weighted by Crippen LogP contribution is -2.44. The van der Waals surface area contributed by atoms with Crippen LogP contribution in [0.1, 0.15) is 46.0 Å². The molecule has 2 fully saturated rings. The topological polar surface area (TPSA) is 45.1 Å². The molecule has 0 saturated carbocycles. The first-order chi connectivity index (χ1) is 11.1. The zero-order valence-corrected chi connectivity index (χ0v) is 14.6. The molecular formula is C18H29N3O2. The van der Waals surface area contributed by atoms with Crippen LogP contribution in [0.15, 0.2) is 16.8 Å². The van der Waals surface area contributed by atoms with Crippen molar-refractivity contribution in [3.8, 4) is 0 Å². The van der Waals surface area contributed by atoms with E-state index in [0.717, 1.165) is 32.4 Å². The average Bonchev–Trinajstić information content (AvgIpc) is 3.19. The van der Waals surface area contributed by atoms with E-state index in [1.165, 1.54) is 25.6 Å². The minimum Gasteiger partial charge on any atom is -0.468 e. The monoisotopic (exact) mass is 319 g/mol. The van der Waals surface area contributed by atoms with Crippen molar-refractivity contribution < 1.29 is 9.53 Å². The number of carbonyl (C=O) groups is 1. The number of ether oxygens (including phenoxy) is 1. The number of esters is 1. The molecule has 3 heterocycles. The maximum atomic E-state index is 12.0. The van der Waals surface area contributed by atoms with Crippen LogP contribution >= 0.6 is 0 Å². The predicted octanol–water partition coefficient (Wildman–Crippen LogP) is 2.43. The van der Waals surface area contributed by atoms with Crippen molar-refractivity contribution in [3.63, 3.8) is 0 Å². The second kappa shape index (κ2) is 7.04. The minimum atomic E-state index is -0.0792. The quantitative estimate of drug-likeness (QED) is 0.730. The highest BCUT2D eigenvalue weighted by Gasteiger charge is 2.40. The predicted molar refractivity (Wildman–Crippen MR) is 91.3 cm³/mol. The molecule has 3 aliphatic heterocycles. The number of nitrogens with zero attached hydrogens (tertiary/aromatic N) is 3. The third-order valence-electron chi connectivity index (χ3n) is 5.53. The van der Waals surface area contributed by atoms with Crippen LogP contribution in [-0.2, 0) is 9.53 Å². The van der Waals surface area contributed by atoms with Crippen LogP contribution < -0.4 is 0 Å². The summed E-state index contributed by atoms with van der Waals surface area (Å²) < 4.78 is 4.98. The van der Waals surface area contributed by atoms with Gasteiger partial charge in [-0.2, -0.15) is 0 Å². The van der Waals surface area contributed by atoms with Gasteiger partial charge in [-0.15, -0.1) is 0 Å². The van der Waals surface area contributed by atoms with Crippen LogP contribution in [0.5, 0.6) is 0 Å². The van der Waals surface area contributed by atoms with Gasteiger partial charge in [-0.3, -0.25) is 14.7 Å². The third kappa shape index (κ3) is 3.30. The molecule has 5 heteroatoms. The van der Waals surface area contributed by atoms with Crippen molar-refractivity contribution in [1.82, 2.24) is 9.80 Å². The van der Waals surface area contributed by atoms with Crippen molar-refractivity contribution in [1.29, 1.82) is 0 Å². The summed E-state index contributed by atoms with van der Waals surface area (Å²) >= 11 is 0. The van der Waals surface area contributed by atoms with Gasteiger partial charge < -0.3 is 9.64 Å². The first-order valence-corrected chi connectivity index (χ1v) is 8.98. The molecule has 0 spiro atoms. The van der Waals surface area contributed by atoms with Gasteiger partial charge >= 0.3 is 5.97 Å². The number of rotatable bonds is 5. The largest absolute Gasteiger partial charge is 0.468 e. The van der Waals surface area contributed by atoms with E-state index in [1.54, 1.807) is 0 Å².